The highest BCUT2D eigenvalue weighted by Crippen LogP contribution is 2.59. The van der Waals surface area contributed by atoms with Crippen LogP contribution < -0.4 is 5.73 Å². The molecule has 0 radical (unpaired) electrons. The standard InChI is InChI=1S/C21H31N3O3/c1-10-4-12(10)14-6-16(14)18(25)23(3)21(20(22)27)8-24(9-21)19(26)17-7-15(17)13-5-11(13)2/h10-17H,4-9H2,1-3H3,(H2,22,27). The Hall–Kier alpha value is -1.59. The number of nitrogens with zero attached hydrogens (tertiary/aromatic N) is 2. The third kappa shape index (κ3) is 2.62. The highest BCUT2D eigenvalue weighted by atomic mass is 16.2. The maximum atomic E-state index is 12.9. The van der Waals surface area contributed by atoms with Gasteiger partial charge in [-0.3, -0.25) is 14.4 Å². The first-order chi connectivity index (χ1) is 12.7. The number of nitrogens with two attached hydrogens (primary N) is 1. The zero-order valence-corrected chi connectivity index (χ0v) is 16.6. The molecule has 5 fully saturated rings. The van der Waals surface area contributed by atoms with Crippen LogP contribution in [0.15, 0.2) is 0 Å². The molecule has 0 bridgehead atoms. The minimum Gasteiger partial charge on any atom is -0.368 e. The lowest BCUT2D eigenvalue weighted by Gasteiger charge is -2.52. The predicted octanol–water partition coefficient (Wildman–Crippen LogP) is 1.10. The number of carbonyl (C=O) groups excluding carboxylic acids is 3. The zero-order chi connectivity index (χ0) is 19.2. The van der Waals surface area contributed by atoms with Crippen molar-refractivity contribution < 1.29 is 14.4 Å². The van der Waals surface area contributed by atoms with Gasteiger partial charge in [-0.05, 0) is 61.2 Å². The average molecular weight is 373 g/mol. The topological polar surface area (TPSA) is 83.7 Å². The molecule has 6 heteroatoms. The normalized spacial score (nSPS) is 45.5. The van der Waals surface area contributed by atoms with Gasteiger partial charge in [0, 0.05) is 18.9 Å². The lowest BCUT2D eigenvalue weighted by molar-refractivity contribution is -0.164. The minimum atomic E-state index is -1.01. The monoisotopic (exact) mass is 373 g/mol. The van der Waals surface area contributed by atoms with Crippen molar-refractivity contribution in [2.75, 3.05) is 20.1 Å². The molecule has 4 aliphatic carbocycles. The molecule has 0 aromatic heterocycles. The van der Waals surface area contributed by atoms with Gasteiger partial charge in [-0.25, -0.2) is 0 Å². The molecule has 2 N–H and O–H groups in total. The summed E-state index contributed by atoms with van der Waals surface area (Å²) in [6.45, 7) is 5.02. The maximum Gasteiger partial charge on any atom is 0.247 e. The van der Waals surface area contributed by atoms with Crippen molar-refractivity contribution in [1.82, 2.24) is 9.80 Å². The fourth-order valence-electron chi connectivity index (χ4n) is 5.81. The van der Waals surface area contributed by atoms with E-state index in [4.69, 9.17) is 5.73 Å². The summed E-state index contributed by atoms with van der Waals surface area (Å²) in [6.07, 6.45) is 4.41. The summed E-state index contributed by atoms with van der Waals surface area (Å²) in [6, 6.07) is 0. The molecule has 1 aliphatic heterocycles. The van der Waals surface area contributed by atoms with E-state index in [0.29, 0.717) is 17.8 Å². The molecule has 1 heterocycles. The molecule has 1 saturated heterocycles. The van der Waals surface area contributed by atoms with Crippen LogP contribution in [0.1, 0.15) is 39.5 Å². The first-order valence-corrected chi connectivity index (χ1v) is 10.6. The number of likely N-dealkylation sites (N-methyl/N-ethyl adjacent to an activating group) is 1. The van der Waals surface area contributed by atoms with Gasteiger partial charge in [0.1, 0.15) is 0 Å². The van der Waals surface area contributed by atoms with E-state index in [1.54, 1.807) is 16.8 Å². The maximum absolute atomic E-state index is 12.9. The van der Waals surface area contributed by atoms with Crippen LogP contribution in [0.5, 0.6) is 0 Å². The molecular formula is C21H31N3O3. The first-order valence-electron chi connectivity index (χ1n) is 10.6. The summed E-state index contributed by atoms with van der Waals surface area (Å²) < 4.78 is 0. The summed E-state index contributed by atoms with van der Waals surface area (Å²) in [4.78, 5) is 41.2. The highest BCUT2D eigenvalue weighted by molar-refractivity contribution is 5.96. The van der Waals surface area contributed by atoms with E-state index in [1.807, 2.05) is 0 Å². The van der Waals surface area contributed by atoms with E-state index in [0.717, 1.165) is 30.6 Å². The van der Waals surface area contributed by atoms with Crippen LogP contribution in [0.3, 0.4) is 0 Å². The van der Waals surface area contributed by atoms with E-state index in [-0.39, 0.29) is 36.7 Å². The van der Waals surface area contributed by atoms with Crippen LogP contribution in [0, 0.1) is 47.3 Å². The largest absolute Gasteiger partial charge is 0.368 e. The lowest BCUT2D eigenvalue weighted by Crippen LogP contribution is -2.76. The highest BCUT2D eigenvalue weighted by Gasteiger charge is 2.62. The second-order valence-electron chi connectivity index (χ2n) is 10.3. The number of hydrogen-bond acceptors (Lipinski definition) is 3. The number of carbonyl (C=O) groups is 3. The molecule has 148 valence electrons. The molecule has 3 amide bonds. The quantitative estimate of drug-likeness (QED) is 0.757. The van der Waals surface area contributed by atoms with E-state index in [1.165, 1.54) is 12.8 Å². The van der Waals surface area contributed by atoms with Gasteiger partial charge < -0.3 is 15.5 Å². The van der Waals surface area contributed by atoms with Crippen LogP contribution in [0.25, 0.3) is 0 Å². The Balaban J connectivity index is 1.20. The number of rotatable bonds is 6. The molecule has 27 heavy (non-hydrogen) atoms. The molecular weight excluding hydrogens is 342 g/mol. The van der Waals surface area contributed by atoms with Crippen LogP contribution in [-0.4, -0.2) is 53.2 Å². The third-order valence-corrected chi connectivity index (χ3v) is 8.41. The Morgan fingerprint density at radius 1 is 0.889 bits per heavy atom. The Labute approximate surface area is 160 Å². The Kier molecular flexibility index (Phi) is 3.55. The summed E-state index contributed by atoms with van der Waals surface area (Å²) in [5, 5.41) is 0. The SMILES string of the molecule is CC1CC1C1CC1C(=O)N1CC(C(N)=O)(N(C)C(=O)C2CC2C2CC2C)C1. The molecule has 8 atom stereocenters. The number of likely N-dealkylation sites (tertiary alicyclic amines) is 1. The summed E-state index contributed by atoms with van der Waals surface area (Å²) in [5.41, 5.74) is 4.70. The van der Waals surface area contributed by atoms with E-state index >= 15 is 0 Å². The predicted molar refractivity (Wildman–Crippen MR) is 99.0 cm³/mol. The van der Waals surface area contributed by atoms with Gasteiger partial charge in [0.15, 0.2) is 5.54 Å². The molecule has 5 aliphatic rings. The molecule has 8 unspecified atom stereocenters. The average Bonchev–Trinajstić information content (AvgIpc) is 3.39. The minimum absolute atomic E-state index is 0.0427. The van der Waals surface area contributed by atoms with Crippen LogP contribution in [0.4, 0.5) is 0 Å². The molecule has 5 rings (SSSR count). The fraction of sp³-hybridized carbons (Fsp3) is 0.857. The van der Waals surface area contributed by atoms with Gasteiger partial charge in [0.05, 0.1) is 13.1 Å². The van der Waals surface area contributed by atoms with Gasteiger partial charge >= 0.3 is 0 Å². The first kappa shape index (κ1) is 17.5. The Bertz CT molecular complexity index is 715. The van der Waals surface area contributed by atoms with Crippen molar-refractivity contribution in [1.29, 1.82) is 0 Å². The smallest absolute Gasteiger partial charge is 0.247 e. The van der Waals surface area contributed by atoms with Crippen molar-refractivity contribution in [3.05, 3.63) is 0 Å². The molecule has 0 spiro atoms. The number of amides is 3. The number of hydrogen-bond donors (Lipinski definition) is 1. The second-order valence-corrected chi connectivity index (χ2v) is 10.3. The molecule has 4 saturated carbocycles. The fourth-order valence-corrected chi connectivity index (χ4v) is 5.81. The van der Waals surface area contributed by atoms with Gasteiger partial charge in [0.2, 0.25) is 17.7 Å². The second kappa shape index (κ2) is 5.48. The summed E-state index contributed by atoms with van der Waals surface area (Å²) in [5.74, 6) is 3.85. The molecule has 0 aromatic carbocycles. The summed E-state index contributed by atoms with van der Waals surface area (Å²) in [7, 11) is 1.70. The van der Waals surface area contributed by atoms with Gasteiger partial charge in [-0.1, -0.05) is 13.8 Å². The van der Waals surface area contributed by atoms with Gasteiger partial charge in [-0.2, -0.15) is 0 Å². The van der Waals surface area contributed by atoms with E-state index in [2.05, 4.69) is 13.8 Å². The van der Waals surface area contributed by atoms with Crippen molar-refractivity contribution in [2.24, 2.45) is 53.1 Å². The summed E-state index contributed by atoms with van der Waals surface area (Å²) >= 11 is 0. The van der Waals surface area contributed by atoms with Crippen molar-refractivity contribution >= 4 is 17.7 Å². The van der Waals surface area contributed by atoms with Crippen LogP contribution >= 0.6 is 0 Å². The van der Waals surface area contributed by atoms with Crippen molar-refractivity contribution in [3.8, 4) is 0 Å². The molecule has 0 aromatic rings. The van der Waals surface area contributed by atoms with Crippen LogP contribution in [0.2, 0.25) is 0 Å². The van der Waals surface area contributed by atoms with Gasteiger partial charge in [0.25, 0.3) is 0 Å². The molecule has 6 nitrogen and oxygen atoms in total. The van der Waals surface area contributed by atoms with Crippen LogP contribution in [-0.2, 0) is 14.4 Å². The van der Waals surface area contributed by atoms with E-state index < -0.39 is 11.4 Å². The Morgan fingerprint density at radius 2 is 1.37 bits per heavy atom. The van der Waals surface area contributed by atoms with Crippen molar-refractivity contribution in [3.63, 3.8) is 0 Å². The third-order valence-electron chi connectivity index (χ3n) is 8.41. The lowest BCUT2D eigenvalue weighted by atomic mass is 9.86. The number of primary amides is 1. The van der Waals surface area contributed by atoms with E-state index in [9.17, 15) is 14.4 Å². The van der Waals surface area contributed by atoms with Crippen molar-refractivity contribution in [2.45, 2.75) is 45.1 Å². The Morgan fingerprint density at radius 3 is 1.85 bits per heavy atom. The van der Waals surface area contributed by atoms with Gasteiger partial charge in [-0.15, -0.1) is 0 Å². The zero-order valence-electron chi connectivity index (χ0n) is 16.6.